The molecule has 1 rings (SSSR count). The zero-order chi connectivity index (χ0) is 14.4. The smallest absolute Gasteiger partial charge is 0.314 e. The molecular weight excluding hydrogens is 250 g/mol. The summed E-state index contributed by atoms with van der Waals surface area (Å²) >= 11 is 0. The van der Waals surface area contributed by atoms with Gasteiger partial charge in [-0.1, -0.05) is 0 Å². The van der Waals surface area contributed by atoms with Gasteiger partial charge < -0.3 is 21.1 Å². The number of aliphatic carboxylic acids is 1. The second-order valence-electron chi connectivity index (χ2n) is 4.97. The van der Waals surface area contributed by atoms with E-state index >= 15 is 0 Å². The van der Waals surface area contributed by atoms with Crippen molar-refractivity contribution in [2.75, 3.05) is 13.1 Å². The number of carbonyl (C=O) groups is 3. The molecule has 0 saturated carbocycles. The standard InChI is InChI=1S/C12H21N3O4/c1-8(4-5-10(16)17)14-11(18)9-3-2-6-15(7-9)12(13)19/h8-9H,2-7H2,1H3,(H2,13,19)(H,14,18)(H,16,17). The van der Waals surface area contributed by atoms with E-state index in [0.29, 0.717) is 19.5 Å². The lowest BCUT2D eigenvalue weighted by molar-refractivity contribution is -0.137. The fourth-order valence-corrected chi connectivity index (χ4v) is 2.16. The Morgan fingerprint density at radius 3 is 2.74 bits per heavy atom. The summed E-state index contributed by atoms with van der Waals surface area (Å²) in [6, 6.07) is -0.691. The number of rotatable bonds is 5. The molecule has 1 aliphatic heterocycles. The molecule has 2 unspecified atom stereocenters. The van der Waals surface area contributed by atoms with E-state index in [1.54, 1.807) is 6.92 Å². The molecule has 0 aromatic carbocycles. The van der Waals surface area contributed by atoms with Gasteiger partial charge in [-0.3, -0.25) is 9.59 Å². The van der Waals surface area contributed by atoms with Crippen LogP contribution >= 0.6 is 0 Å². The molecule has 0 aromatic heterocycles. The van der Waals surface area contributed by atoms with Gasteiger partial charge in [0.1, 0.15) is 0 Å². The molecule has 19 heavy (non-hydrogen) atoms. The van der Waals surface area contributed by atoms with E-state index in [2.05, 4.69) is 5.32 Å². The molecule has 1 aliphatic rings. The summed E-state index contributed by atoms with van der Waals surface area (Å²) in [7, 11) is 0. The monoisotopic (exact) mass is 271 g/mol. The lowest BCUT2D eigenvalue weighted by Gasteiger charge is -2.31. The predicted octanol–water partition coefficient (Wildman–Crippen LogP) is 0.147. The number of hydrogen-bond donors (Lipinski definition) is 3. The average molecular weight is 271 g/mol. The second kappa shape index (κ2) is 6.96. The van der Waals surface area contributed by atoms with E-state index < -0.39 is 12.0 Å². The van der Waals surface area contributed by atoms with Gasteiger partial charge in [0.15, 0.2) is 0 Å². The van der Waals surface area contributed by atoms with Crippen molar-refractivity contribution < 1.29 is 19.5 Å². The van der Waals surface area contributed by atoms with Gasteiger partial charge in [-0.15, -0.1) is 0 Å². The van der Waals surface area contributed by atoms with Crippen LogP contribution in [0.3, 0.4) is 0 Å². The van der Waals surface area contributed by atoms with E-state index in [0.717, 1.165) is 12.8 Å². The summed E-state index contributed by atoms with van der Waals surface area (Å²) < 4.78 is 0. The van der Waals surface area contributed by atoms with Crippen LogP contribution in [0.25, 0.3) is 0 Å². The molecule has 0 aromatic rings. The Bertz CT molecular complexity index is 359. The molecule has 7 heteroatoms. The van der Waals surface area contributed by atoms with Crippen LogP contribution in [0.2, 0.25) is 0 Å². The van der Waals surface area contributed by atoms with Gasteiger partial charge in [0.25, 0.3) is 0 Å². The number of carboxylic acid groups (broad SMARTS) is 1. The van der Waals surface area contributed by atoms with Crippen molar-refractivity contribution in [3.8, 4) is 0 Å². The van der Waals surface area contributed by atoms with Gasteiger partial charge in [0.05, 0.1) is 5.92 Å². The first-order valence-electron chi connectivity index (χ1n) is 6.46. The molecule has 0 bridgehead atoms. The molecule has 4 N–H and O–H groups in total. The molecule has 3 amide bonds. The maximum Gasteiger partial charge on any atom is 0.314 e. The summed E-state index contributed by atoms with van der Waals surface area (Å²) in [5.41, 5.74) is 5.20. The molecule has 1 fully saturated rings. The zero-order valence-electron chi connectivity index (χ0n) is 11.1. The normalized spacial score (nSPS) is 20.7. The maximum absolute atomic E-state index is 12.0. The van der Waals surface area contributed by atoms with Crippen molar-refractivity contribution in [2.24, 2.45) is 11.7 Å². The molecule has 7 nitrogen and oxygen atoms in total. The molecule has 0 spiro atoms. The Morgan fingerprint density at radius 2 is 2.16 bits per heavy atom. The zero-order valence-corrected chi connectivity index (χ0v) is 11.1. The number of amides is 3. The number of nitrogens with one attached hydrogen (secondary N) is 1. The highest BCUT2D eigenvalue weighted by Gasteiger charge is 2.27. The van der Waals surface area contributed by atoms with Crippen LogP contribution in [0.5, 0.6) is 0 Å². The molecule has 108 valence electrons. The van der Waals surface area contributed by atoms with Crippen LogP contribution in [0.4, 0.5) is 4.79 Å². The summed E-state index contributed by atoms with van der Waals surface area (Å²) in [6.45, 7) is 2.70. The highest BCUT2D eigenvalue weighted by Crippen LogP contribution is 2.16. The van der Waals surface area contributed by atoms with Gasteiger partial charge in [-0.05, 0) is 26.2 Å². The summed E-state index contributed by atoms with van der Waals surface area (Å²) in [4.78, 5) is 35.0. The third-order valence-electron chi connectivity index (χ3n) is 3.28. The number of piperidine rings is 1. The highest BCUT2D eigenvalue weighted by molar-refractivity contribution is 5.80. The maximum atomic E-state index is 12.0. The topological polar surface area (TPSA) is 113 Å². The predicted molar refractivity (Wildman–Crippen MR) is 68.4 cm³/mol. The fraction of sp³-hybridized carbons (Fsp3) is 0.750. The van der Waals surface area contributed by atoms with E-state index in [1.807, 2.05) is 0 Å². The Hall–Kier alpha value is -1.79. The first-order valence-corrected chi connectivity index (χ1v) is 6.46. The van der Waals surface area contributed by atoms with Crippen molar-refractivity contribution in [3.63, 3.8) is 0 Å². The molecule has 1 saturated heterocycles. The van der Waals surface area contributed by atoms with Crippen LogP contribution in [-0.4, -0.2) is 47.0 Å². The minimum Gasteiger partial charge on any atom is -0.481 e. The third kappa shape index (κ3) is 5.15. The molecule has 0 radical (unpaired) electrons. The minimum absolute atomic E-state index is 0.0273. The Kier molecular flexibility index (Phi) is 5.59. The Labute approximate surface area is 112 Å². The average Bonchev–Trinajstić information content (AvgIpc) is 2.36. The SMILES string of the molecule is CC(CCC(=O)O)NC(=O)C1CCCN(C(N)=O)C1. The van der Waals surface area contributed by atoms with E-state index in [9.17, 15) is 14.4 Å². The first kappa shape index (κ1) is 15.3. The molecule has 1 heterocycles. The van der Waals surface area contributed by atoms with E-state index in [4.69, 9.17) is 10.8 Å². The van der Waals surface area contributed by atoms with Gasteiger partial charge in [0, 0.05) is 25.6 Å². The van der Waals surface area contributed by atoms with Crippen LogP contribution < -0.4 is 11.1 Å². The number of nitrogens with zero attached hydrogens (tertiary/aromatic N) is 1. The van der Waals surface area contributed by atoms with E-state index in [1.165, 1.54) is 4.90 Å². The van der Waals surface area contributed by atoms with Crippen LogP contribution in [-0.2, 0) is 9.59 Å². The van der Waals surface area contributed by atoms with Gasteiger partial charge in [-0.2, -0.15) is 0 Å². The molecule has 0 aliphatic carbocycles. The van der Waals surface area contributed by atoms with Gasteiger partial charge in [-0.25, -0.2) is 4.79 Å². The number of nitrogens with two attached hydrogens (primary N) is 1. The second-order valence-corrected chi connectivity index (χ2v) is 4.97. The number of carboxylic acids is 1. The summed E-state index contributed by atoms with van der Waals surface area (Å²) in [5, 5.41) is 11.4. The Balaban J connectivity index is 2.40. The van der Waals surface area contributed by atoms with Crippen molar-refractivity contribution in [3.05, 3.63) is 0 Å². The number of carbonyl (C=O) groups excluding carboxylic acids is 2. The lowest BCUT2D eigenvalue weighted by atomic mass is 9.97. The minimum atomic E-state index is -0.876. The van der Waals surface area contributed by atoms with Crippen molar-refractivity contribution in [2.45, 2.75) is 38.6 Å². The molecular formula is C12H21N3O4. The van der Waals surface area contributed by atoms with E-state index in [-0.39, 0.29) is 24.3 Å². The highest BCUT2D eigenvalue weighted by atomic mass is 16.4. The van der Waals surface area contributed by atoms with Crippen molar-refractivity contribution in [1.82, 2.24) is 10.2 Å². The Morgan fingerprint density at radius 1 is 1.47 bits per heavy atom. The number of urea groups is 1. The summed E-state index contributed by atoms with van der Waals surface area (Å²) in [6.07, 6.45) is 1.90. The summed E-state index contributed by atoms with van der Waals surface area (Å²) in [5.74, 6) is -1.27. The first-order chi connectivity index (χ1) is 8.90. The lowest BCUT2D eigenvalue weighted by Crippen LogP contribution is -2.48. The molecule has 2 atom stereocenters. The fourth-order valence-electron chi connectivity index (χ4n) is 2.16. The van der Waals surface area contributed by atoms with Crippen LogP contribution in [0.1, 0.15) is 32.6 Å². The third-order valence-corrected chi connectivity index (χ3v) is 3.28. The van der Waals surface area contributed by atoms with Crippen molar-refractivity contribution in [1.29, 1.82) is 0 Å². The van der Waals surface area contributed by atoms with Gasteiger partial charge >= 0.3 is 12.0 Å². The number of primary amides is 1. The van der Waals surface area contributed by atoms with Crippen LogP contribution in [0, 0.1) is 5.92 Å². The van der Waals surface area contributed by atoms with Gasteiger partial charge in [0.2, 0.25) is 5.91 Å². The number of hydrogen-bond acceptors (Lipinski definition) is 3. The number of likely N-dealkylation sites (tertiary alicyclic amines) is 1. The quantitative estimate of drug-likeness (QED) is 0.660. The largest absolute Gasteiger partial charge is 0.481 e. The van der Waals surface area contributed by atoms with Crippen molar-refractivity contribution >= 4 is 17.9 Å². The van der Waals surface area contributed by atoms with Crippen LogP contribution in [0.15, 0.2) is 0 Å².